The number of rotatable bonds is 4. The number of Topliss-reactive ketones (excluding diaryl/α,β-unsaturated/α-hetero) is 1. The van der Waals surface area contributed by atoms with Gasteiger partial charge in [0.1, 0.15) is 5.78 Å². The van der Waals surface area contributed by atoms with Crippen LogP contribution in [0.25, 0.3) is 0 Å². The van der Waals surface area contributed by atoms with Gasteiger partial charge < -0.3 is 5.73 Å². The lowest BCUT2D eigenvalue weighted by Crippen LogP contribution is -2.29. The minimum absolute atomic E-state index is 0.194. The van der Waals surface area contributed by atoms with E-state index in [9.17, 15) is 4.79 Å². The fourth-order valence-electron chi connectivity index (χ4n) is 0.986. The maximum absolute atomic E-state index is 11.1. The highest BCUT2D eigenvalue weighted by atomic mass is 16.1. The zero-order valence-corrected chi connectivity index (χ0v) is 6.47. The Labute approximate surface area is 61.8 Å². The summed E-state index contributed by atoms with van der Waals surface area (Å²) in [5, 5.41) is 0. The van der Waals surface area contributed by atoms with Gasteiger partial charge in [0, 0.05) is 6.42 Å². The highest BCUT2D eigenvalue weighted by molar-refractivity contribution is 5.84. The van der Waals surface area contributed by atoms with Crippen molar-refractivity contribution in [1.29, 1.82) is 0 Å². The highest BCUT2D eigenvalue weighted by Crippen LogP contribution is 2.32. The minimum Gasteiger partial charge on any atom is -0.322 e. The second-order valence-electron chi connectivity index (χ2n) is 3.13. The third-order valence-corrected chi connectivity index (χ3v) is 2.04. The van der Waals surface area contributed by atoms with Crippen molar-refractivity contribution in [3.8, 4) is 0 Å². The standard InChI is InChI=1S/C8H15NO/c1-2-7(9)8(10)5-6-3-4-6/h6-7H,2-5,9H2,1H3/t7-/m0/s1. The van der Waals surface area contributed by atoms with Gasteiger partial charge in [-0.05, 0) is 25.2 Å². The van der Waals surface area contributed by atoms with Crippen LogP contribution in [0.2, 0.25) is 0 Å². The quantitative estimate of drug-likeness (QED) is 0.637. The minimum atomic E-state index is -0.194. The summed E-state index contributed by atoms with van der Waals surface area (Å²) in [7, 11) is 0. The van der Waals surface area contributed by atoms with Crippen molar-refractivity contribution in [1.82, 2.24) is 0 Å². The SMILES string of the molecule is CC[C@H](N)C(=O)CC1CC1. The van der Waals surface area contributed by atoms with E-state index in [1.807, 2.05) is 6.92 Å². The fourth-order valence-corrected chi connectivity index (χ4v) is 0.986. The molecule has 0 aromatic rings. The van der Waals surface area contributed by atoms with Gasteiger partial charge in [-0.1, -0.05) is 6.92 Å². The Bertz CT molecular complexity index is 129. The smallest absolute Gasteiger partial charge is 0.149 e. The van der Waals surface area contributed by atoms with Gasteiger partial charge >= 0.3 is 0 Å². The Morgan fingerprint density at radius 2 is 2.30 bits per heavy atom. The summed E-state index contributed by atoms with van der Waals surface area (Å²) in [6.07, 6.45) is 3.99. The van der Waals surface area contributed by atoms with E-state index in [0.717, 1.165) is 12.8 Å². The molecule has 2 N–H and O–H groups in total. The van der Waals surface area contributed by atoms with Gasteiger partial charge in [-0.2, -0.15) is 0 Å². The molecule has 1 rings (SSSR count). The van der Waals surface area contributed by atoms with Crippen LogP contribution in [0.5, 0.6) is 0 Å². The summed E-state index contributed by atoms with van der Waals surface area (Å²) >= 11 is 0. The first-order chi connectivity index (χ1) is 4.74. The van der Waals surface area contributed by atoms with Gasteiger partial charge in [-0.15, -0.1) is 0 Å². The number of carbonyl (C=O) groups is 1. The molecule has 1 aliphatic carbocycles. The van der Waals surface area contributed by atoms with Crippen molar-refractivity contribution in [2.24, 2.45) is 11.7 Å². The van der Waals surface area contributed by atoms with Crippen LogP contribution in [0.1, 0.15) is 32.6 Å². The van der Waals surface area contributed by atoms with Gasteiger partial charge in [-0.25, -0.2) is 0 Å². The highest BCUT2D eigenvalue weighted by Gasteiger charge is 2.25. The van der Waals surface area contributed by atoms with Crippen LogP contribution < -0.4 is 5.73 Å². The summed E-state index contributed by atoms with van der Waals surface area (Å²) < 4.78 is 0. The van der Waals surface area contributed by atoms with E-state index in [0.29, 0.717) is 5.92 Å². The molecule has 0 saturated heterocycles. The largest absolute Gasteiger partial charge is 0.322 e. The van der Waals surface area contributed by atoms with Crippen LogP contribution in [0.3, 0.4) is 0 Å². The Morgan fingerprint density at radius 3 is 2.70 bits per heavy atom. The van der Waals surface area contributed by atoms with Crippen molar-refractivity contribution in [2.75, 3.05) is 0 Å². The van der Waals surface area contributed by atoms with E-state index < -0.39 is 0 Å². The Balaban J connectivity index is 2.18. The second-order valence-corrected chi connectivity index (χ2v) is 3.13. The third kappa shape index (κ3) is 2.10. The summed E-state index contributed by atoms with van der Waals surface area (Å²) in [6, 6.07) is -0.194. The molecule has 2 heteroatoms. The predicted molar refractivity (Wildman–Crippen MR) is 40.6 cm³/mol. The summed E-state index contributed by atoms with van der Waals surface area (Å²) in [4.78, 5) is 11.1. The molecule has 1 saturated carbocycles. The molecular weight excluding hydrogens is 126 g/mol. The molecule has 0 amide bonds. The number of hydrogen-bond acceptors (Lipinski definition) is 2. The first-order valence-electron chi connectivity index (χ1n) is 4.02. The van der Waals surface area contributed by atoms with Gasteiger partial charge in [0.25, 0.3) is 0 Å². The first-order valence-corrected chi connectivity index (χ1v) is 4.02. The molecule has 0 unspecified atom stereocenters. The van der Waals surface area contributed by atoms with Gasteiger partial charge in [0.2, 0.25) is 0 Å². The van der Waals surface area contributed by atoms with Crippen LogP contribution in [0.4, 0.5) is 0 Å². The second kappa shape index (κ2) is 3.15. The van der Waals surface area contributed by atoms with Crippen LogP contribution in [0.15, 0.2) is 0 Å². The molecule has 0 bridgehead atoms. The number of nitrogens with two attached hydrogens (primary N) is 1. The van der Waals surface area contributed by atoms with Crippen LogP contribution in [-0.4, -0.2) is 11.8 Å². The van der Waals surface area contributed by atoms with Gasteiger partial charge in [-0.3, -0.25) is 4.79 Å². The van der Waals surface area contributed by atoms with Gasteiger partial charge in [0.15, 0.2) is 0 Å². The molecule has 0 aromatic heterocycles. The van der Waals surface area contributed by atoms with Crippen molar-refractivity contribution < 1.29 is 4.79 Å². The number of carbonyl (C=O) groups excluding carboxylic acids is 1. The molecule has 0 aromatic carbocycles. The van der Waals surface area contributed by atoms with E-state index in [1.165, 1.54) is 12.8 Å². The molecular formula is C8H15NO. The van der Waals surface area contributed by atoms with E-state index in [1.54, 1.807) is 0 Å². The molecule has 0 aliphatic heterocycles. The van der Waals surface area contributed by atoms with Crippen molar-refractivity contribution in [2.45, 2.75) is 38.6 Å². The summed E-state index contributed by atoms with van der Waals surface area (Å²) in [5.74, 6) is 0.940. The van der Waals surface area contributed by atoms with E-state index in [-0.39, 0.29) is 11.8 Å². The lowest BCUT2D eigenvalue weighted by Gasteiger charge is -2.05. The van der Waals surface area contributed by atoms with Gasteiger partial charge in [0.05, 0.1) is 6.04 Å². The molecule has 0 heterocycles. The maximum Gasteiger partial charge on any atom is 0.149 e. The van der Waals surface area contributed by atoms with Crippen LogP contribution in [0, 0.1) is 5.92 Å². The summed E-state index contributed by atoms with van der Waals surface area (Å²) in [5.41, 5.74) is 5.54. The molecule has 1 aliphatic rings. The number of ketones is 1. The lowest BCUT2D eigenvalue weighted by atomic mass is 10.1. The molecule has 2 nitrogen and oxygen atoms in total. The monoisotopic (exact) mass is 141 g/mol. The zero-order valence-electron chi connectivity index (χ0n) is 6.47. The summed E-state index contributed by atoms with van der Waals surface area (Å²) in [6.45, 7) is 1.95. The van der Waals surface area contributed by atoms with E-state index in [4.69, 9.17) is 5.73 Å². The van der Waals surface area contributed by atoms with Crippen LogP contribution >= 0.6 is 0 Å². The molecule has 0 radical (unpaired) electrons. The topological polar surface area (TPSA) is 43.1 Å². The third-order valence-electron chi connectivity index (χ3n) is 2.04. The van der Waals surface area contributed by atoms with Crippen molar-refractivity contribution in [3.63, 3.8) is 0 Å². The molecule has 10 heavy (non-hydrogen) atoms. The average Bonchev–Trinajstić information content (AvgIpc) is 2.70. The normalized spacial score (nSPS) is 20.6. The fraction of sp³-hybridized carbons (Fsp3) is 0.875. The molecule has 58 valence electrons. The Morgan fingerprint density at radius 1 is 1.70 bits per heavy atom. The Kier molecular flexibility index (Phi) is 2.44. The zero-order chi connectivity index (χ0) is 7.56. The van der Waals surface area contributed by atoms with Crippen LogP contribution in [-0.2, 0) is 4.79 Å². The Hall–Kier alpha value is -0.370. The van der Waals surface area contributed by atoms with Crippen molar-refractivity contribution in [3.05, 3.63) is 0 Å². The first kappa shape index (κ1) is 7.73. The maximum atomic E-state index is 11.1. The van der Waals surface area contributed by atoms with Crippen molar-refractivity contribution >= 4 is 5.78 Å². The molecule has 0 spiro atoms. The van der Waals surface area contributed by atoms with E-state index >= 15 is 0 Å². The average molecular weight is 141 g/mol. The lowest BCUT2D eigenvalue weighted by molar-refractivity contribution is -0.120. The molecule has 1 fully saturated rings. The molecule has 1 atom stereocenters. The number of hydrogen-bond donors (Lipinski definition) is 1. The predicted octanol–water partition coefficient (Wildman–Crippen LogP) is 1.09. The van der Waals surface area contributed by atoms with E-state index in [2.05, 4.69) is 0 Å².